The van der Waals surface area contributed by atoms with E-state index in [9.17, 15) is 19.2 Å². The molecule has 0 saturated heterocycles. The topological polar surface area (TPSA) is 144 Å². The smallest absolute Gasteiger partial charge is 0.230 e. The van der Waals surface area contributed by atoms with Gasteiger partial charge in [0.2, 0.25) is 23.6 Å². The number of amides is 4. The molecule has 0 saturated carbocycles. The van der Waals surface area contributed by atoms with Crippen molar-refractivity contribution in [2.45, 2.75) is 88.6 Å². The molecule has 0 heterocycles. The lowest BCUT2D eigenvalue weighted by atomic mass is 10.2. The number of nitrogens with two attached hydrogens (primary N) is 2. The van der Waals surface area contributed by atoms with E-state index >= 15 is 0 Å². The standard InChI is InChI=1S/C24H42N4O4S/c1-3-5-7-9-11-13-21(29)27-17-15-19(23(25)31)33-20(24(26)32)16-18-28-22(30)14-12-10-8-6-4-2/h9-12,19-20H,3-8,13-18H2,1-2H3,(H2,25,31)(H2,26,32)(H,27,29)(H,28,30). The van der Waals surface area contributed by atoms with Crippen molar-refractivity contribution in [3.8, 4) is 0 Å². The summed E-state index contributed by atoms with van der Waals surface area (Å²) >= 11 is 1.08. The van der Waals surface area contributed by atoms with Gasteiger partial charge in [-0.25, -0.2) is 0 Å². The highest BCUT2D eigenvalue weighted by Crippen LogP contribution is 2.22. The third-order valence-electron chi connectivity index (χ3n) is 4.81. The van der Waals surface area contributed by atoms with Crippen molar-refractivity contribution in [2.75, 3.05) is 13.1 Å². The van der Waals surface area contributed by atoms with E-state index in [4.69, 9.17) is 11.5 Å². The van der Waals surface area contributed by atoms with Gasteiger partial charge in [0, 0.05) is 25.9 Å². The molecular formula is C24H42N4O4S. The second kappa shape index (κ2) is 20.3. The Morgan fingerprint density at radius 3 is 1.45 bits per heavy atom. The summed E-state index contributed by atoms with van der Waals surface area (Å²) in [5.41, 5.74) is 11.0. The van der Waals surface area contributed by atoms with Crippen LogP contribution in [0.25, 0.3) is 0 Å². The predicted molar refractivity (Wildman–Crippen MR) is 135 cm³/mol. The molecule has 0 aromatic rings. The molecule has 0 aromatic carbocycles. The number of primary amides is 2. The van der Waals surface area contributed by atoms with Gasteiger partial charge in [-0.1, -0.05) is 63.8 Å². The maximum Gasteiger partial charge on any atom is 0.230 e. The van der Waals surface area contributed by atoms with E-state index in [1.54, 1.807) is 0 Å². The van der Waals surface area contributed by atoms with Gasteiger partial charge >= 0.3 is 0 Å². The normalized spacial score (nSPS) is 13.2. The van der Waals surface area contributed by atoms with Gasteiger partial charge < -0.3 is 22.1 Å². The summed E-state index contributed by atoms with van der Waals surface area (Å²) in [4.78, 5) is 47.4. The van der Waals surface area contributed by atoms with E-state index in [1.165, 1.54) is 0 Å². The molecule has 8 nitrogen and oxygen atoms in total. The van der Waals surface area contributed by atoms with E-state index in [-0.39, 0.29) is 37.7 Å². The summed E-state index contributed by atoms with van der Waals surface area (Å²) in [6.45, 7) is 4.77. The first-order valence-electron chi connectivity index (χ1n) is 11.9. The van der Waals surface area contributed by atoms with Crippen LogP contribution < -0.4 is 22.1 Å². The predicted octanol–water partition coefficient (Wildman–Crippen LogP) is 2.71. The Morgan fingerprint density at radius 2 is 1.12 bits per heavy atom. The van der Waals surface area contributed by atoms with Crippen molar-refractivity contribution >= 4 is 35.4 Å². The number of nitrogens with one attached hydrogen (secondary N) is 2. The SMILES string of the molecule is CCCCC=CCC(=O)NCCC(SC(CCNC(=O)CC=CCCCC)C(N)=O)C(N)=O. The highest BCUT2D eigenvalue weighted by Gasteiger charge is 2.25. The van der Waals surface area contributed by atoms with Crippen LogP contribution in [-0.2, 0) is 19.2 Å². The molecule has 0 aliphatic rings. The number of hydrogen-bond donors (Lipinski definition) is 4. The second-order valence-corrected chi connectivity index (χ2v) is 9.24. The zero-order valence-corrected chi connectivity index (χ0v) is 21.0. The summed E-state index contributed by atoms with van der Waals surface area (Å²) in [6.07, 6.45) is 15.1. The van der Waals surface area contributed by atoms with Gasteiger partial charge in [-0.2, -0.15) is 0 Å². The third kappa shape index (κ3) is 17.9. The second-order valence-electron chi connectivity index (χ2n) is 7.83. The van der Waals surface area contributed by atoms with Crippen LogP contribution in [0.15, 0.2) is 24.3 Å². The Hall–Kier alpha value is -2.29. The van der Waals surface area contributed by atoms with Crippen LogP contribution in [0, 0.1) is 0 Å². The van der Waals surface area contributed by atoms with Crippen molar-refractivity contribution < 1.29 is 19.2 Å². The quantitative estimate of drug-likeness (QED) is 0.156. The van der Waals surface area contributed by atoms with E-state index in [2.05, 4.69) is 24.5 Å². The van der Waals surface area contributed by atoms with Crippen LogP contribution in [0.2, 0.25) is 0 Å². The molecule has 6 N–H and O–H groups in total. The number of thioether (sulfide) groups is 1. The van der Waals surface area contributed by atoms with Gasteiger partial charge in [-0.05, 0) is 25.7 Å². The van der Waals surface area contributed by atoms with Crippen molar-refractivity contribution in [3.05, 3.63) is 24.3 Å². The molecule has 4 amide bonds. The van der Waals surface area contributed by atoms with Gasteiger partial charge in [-0.15, -0.1) is 11.8 Å². The van der Waals surface area contributed by atoms with Gasteiger partial charge in [0.15, 0.2) is 0 Å². The molecule has 2 unspecified atom stereocenters. The first kappa shape index (κ1) is 30.7. The fourth-order valence-electron chi connectivity index (χ4n) is 2.84. The minimum Gasteiger partial charge on any atom is -0.369 e. The van der Waals surface area contributed by atoms with Crippen LogP contribution in [0.5, 0.6) is 0 Å². The molecule has 0 fully saturated rings. The summed E-state index contributed by atoms with van der Waals surface area (Å²) in [5.74, 6) is -1.40. The summed E-state index contributed by atoms with van der Waals surface area (Å²) in [7, 11) is 0. The van der Waals surface area contributed by atoms with Gasteiger partial charge in [0.25, 0.3) is 0 Å². The Kier molecular flexibility index (Phi) is 18.9. The molecule has 9 heteroatoms. The molecule has 2 atom stereocenters. The van der Waals surface area contributed by atoms with Crippen LogP contribution in [0.1, 0.15) is 78.1 Å². The average molecular weight is 483 g/mol. The Morgan fingerprint density at radius 1 is 0.727 bits per heavy atom. The van der Waals surface area contributed by atoms with Crippen LogP contribution >= 0.6 is 11.8 Å². The highest BCUT2D eigenvalue weighted by molar-refractivity contribution is 8.01. The maximum absolute atomic E-state index is 11.9. The largest absolute Gasteiger partial charge is 0.369 e. The molecule has 0 radical (unpaired) electrons. The first-order chi connectivity index (χ1) is 15.8. The molecule has 188 valence electrons. The van der Waals surface area contributed by atoms with E-state index in [0.717, 1.165) is 50.3 Å². The molecule has 0 aromatic heterocycles. The monoisotopic (exact) mass is 482 g/mol. The number of carbonyl (C=O) groups excluding carboxylic acids is 4. The summed E-state index contributed by atoms with van der Waals surface area (Å²) in [6, 6.07) is 0. The molecule has 0 spiro atoms. The Labute approximate surface area is 202 Å². The zero-order chi connectivity index (χ0) is 24.9. The maximum atomic E-state index is 11.9. The highest BCUT2D eigenvalue weighted by atomic mass is 32.2. The fourth-order valence-corrected chi connectivity index (χ4v) is 4.02. The number of rotatable bonds is 20. The summed E-state index contributed by atoms with van der Waals surface area (Å²) < 4.78 is 0. The molecule has 0 aliphatic carbocycles. The number of unbranched alkanes of at least 4 members (excludes halogenated alkanes) is 4. The van der Waals surface area contributed by atoms with Crippen LogP contribution in [0.4, 0.5) is 0 Å². The lowest BCUT2D eigenvalue weighted by molar-refractivity contribution is -0.121. The first-order valence-corrected chi connectivity index (χ1v) is 12.8. The lowest BCUT2D eigenvalue weighted by Crippen LogP contribution is -2.37. The van der Waals surface area contributed by atoms with Crippen molar-refractivity contribution in [2.24, 2.45) is 11.5 Å². The summed E-state index contributed by atoms with van der Waals surface area (Å²) in [5, 5.41) is 4.19. The number of allylic oxidation sites excluding steroid dienone is 2. The van der Waals surface area contributed by atoms with E-state index in [1.807, 2.05) is 24.3 Å². The number of carbonyl (C=O) groups is 4. The molecule has 0 bridgehead atoms. The minimum absolute atomic E-state index is 0.131. The van der Waals surface area contributed by atoms with Crippen molar-refractivity contribution in [1.82, 2.24) is 10.6 Å². The van der Waals surface area contributed by atoms with Crippen LogP contribution in [-0.4, -0.2) is 47.2 Å². The minimum atomic E-state index is -0.667. The van der Waals surface area contributed by atoms with E-state index < -0.39 is 22.3 Å². The Balaban J connectivity index is 4.39. The van der Waals surface area contributed by atoms with Gasteiger partial charge in [0.1, 0.15) is 0 Å². The number of hydrogen-bond acceptors (Lipinski definition) is 5. The van der Waals surface area contributed by atoms with Crippen molar-refractivity contribution in [1.29, 1.82) is 0 Å². The lowest BCUT2D eigenvalue weighted by Gasteiger charge is -2.19. The average Bonchev–Trinajstić information content (AvgIpc) is 2.76. The van der Waals surface area contributed by atoms with Gasteiger partial charge in [-0.3, -0.25) is 19.2 Å². The molecule has 33 heavy (non-hydrogen) atoms. The molecule has 0 rings (SSSR count). The third-order valence-corrected chi connectivity index (χ3v) is 6.40. The van der Waals surface area contributed by atoms with Crippen molar-refractivity contribution in [3.63, 3.8) is 0 Å². The zero-order valence-electron chi connectivity index (χ0n) is 20.1. The van der Waals surface area contributed by atoms with Crippen LogP contribution in [0.3, 0.4) is 0 Å². The molecule has 0 aliphatic heterocycles. The Bertz CT molecular complexity index is 598. The van der Waals surface area contributed by atoms with E-state index in [0.29, 0.717) is 12.8 Å². The fraction of sp³-hybridized carbons (Fsp3) is 0.667. The molecular weight excluding hydrogens is 440 g/mol. The van der Waals surface area contributed by atoms with Gasteiger partial charge in [0.05, 0.1) is 10.5 Å².